The summed E-state index contributed by atoms with van der Waals surface area (Å²) in [6, 6.07) is 7.36. The van der Waals surface area contributed by atoms with Gasteiger partial charge in [-0.15, -0.1) is 0 Å². The van der Waals surface area contributed by atoms with Crippen LogP contribution in [-0.2, 0) is 4.74 Å². The molecule has 2 aromatic rings. The number of carbonyl (C=O) groups is 1. The molecule has 1 aromatic carbocycles. The second-order valence-electron chi connectivity index (χ2n) is 4.06. The molecule has 1 aromatic heterocycles. The van der Waals surface area contributed by atoms with Crippen molar-refractivity contribution in [2.45, 2.75) is 20.8 Å². The molecule has 0 aliphatic rings. The Kier molecular flexibility index (Phi) is 3.85. The Labute approximate surface area is 111 Å². The van der Waals surface area contributed by atoms with Gasteiger partial charge in [0.2, 0.25) is 0 Å². The maximum Gasteiger partial charge on any atom is 0.411 e. The smallest absolute Gasteiger partial charge is 0.411 e. The van der Waals surface area contributed by atoms with Crippen LogP contribution in [-0.4, -0.2) is 17.7 Å². The Morgan fingerprint density at radius 1 is 1.32 bits per heavy atom. The van der Waals surface area contributed by atoms with Crippen LogP contribution in [0.15, 0.2) is 28.7 Å². The van der Waals surface area contributed by atoms with E-state index < -0.39 is 6.09 Å². The third-order valence-corrected chi connectivity index (χ3v) is 2.58. The predicted octanol–water partition coefficient (Wildman–Crippen LogP) is 3.53. The van der Waals surface area contributed by atoms with Gasteiger partial charge in [0.25, 0.3) is 0 Å². The van der Waals surface area contributed by atoms with E-state index in [-0.39, 0.29) is 0 Å². The van der Waals surface area contributed by atoms with E-state index in [1.54, 1.807) is 19.1 Å². The Hall–Kier alpha value is -2.30. The number of hydrogen-bond acceptors (Lipinski definition) is 4. The van der Waals surface area contributed by atoms with Crippen molar-refractivity contribution in [3.05, 3.63) is 35.9 Å². The number of amides is 1. The second-order valence-corrected chi connectivity index (χ2v) is 4.06. The number of nitrogens with zero attached hydrogens (tertiary/aromatic N) is 1. The fourth-order valence-corrected chi connectivity index (χ4v) is 1.79. The van der Waals surface area contributed by atoms with E-state index in [1.807, 2.05) is 26.0 Å². The maximum atomic E-state index is 11.3. The fraction of sp³-hybridized carbons (Fsp3) is 0.286. The van der Waals surface area contributed by atoms with Crippen LogP contribution in [0.2, 0.25) is 0 Å². The van der Waals surface area contributed by atoms with E-state index in [2.05, 4.69) is 10.3 Å². The van der Waals surface area contributed by atoms with Gasteiger partial charge >= 0.3 is 6.09 Å². The average Bonchev–Trinajstić information content (AvgIpc) is 2.70. The molecule has 0 atom stereocenters. The summed E-state index contributed by atoms with van der Waals surface area (Å²) in [6.07, 6.45) is -0.455. The van der Waals surface area contributed by atoms with Crippen molar-refractivity contribution in [1.29, 1.82) is 0 Å². The van der Waals surface area contributed by atoms with Crippen molar-refractivity contribution < 1.29 is 13.9 Å². The third-order valence-electron chi connectivity index (χ3n) is 2.58. The number of aryl methyl sites for hydroxylation is 2. The van der Waals surface area contributed by atoms with Crippen molar-refractivity contribution in [2.75, 3.05) is 11.9 Å². The molecule has 0 saturated carbocycles. The lowest BCUT2D eigenvalue weighted by Crippen LogP contribution is -2.13. The molecule has 0 fully saturated rings. The highest BCUT2D eigenvalue weighted by molar-refractivity contribution is 5.85. The van der Waals surface area contributed by atoms with Crippen molar-refractivity contribution in [3.8, 4) is 11.3 Å². The van der Waals surface area contributed by atoms with Crippen molar-refractivity contribution in [2.24, 2.45) is 0 Å². The van der Waals surface area contributed by atoms with E-state index in [0.717, 1.165) is 17.0 Å². The van der Waals surface area contributed by atoms with E-state index in [0.29, 0.717) is 18.2 Å². The van der Waals surface area contributed by atoms with Gasteiger partial charge in [-0.2, -0.15) is 0 Å². The lowest BCUT2D eigenvalue weighted by Gasteiger charge is -2.05. The molecule has 5 nitrogen and oxygen atoms in total. The summed E-state index contributed by atoms with van der Waals surface area (Å²) in [5, 5.41) is 2.64. The van der Waals surface area contributed by atoms with Gasteiger partial charge in [0.1, 0.15) is 11.5 Å². The fourth-order valence-electron chi connectivity index (χ4n) is 1.79. The zero-order chi connectivity index (χ0) is 13.8. The molecule has 0 aliphatic carbocycles. The molecule has 0 radical (unpaired) electrons. The number of benzene rings is 1. The van der Waals surface area contributed by atoms with Crippen molar-refractivity contribution in [1.82, 2.24) is 4.98 Å². The number of rotatable bonds is 3. The number of aromatic nitrogens is 1. The summed E-state index contributed by atoms with van der Waals surface area (Å²) in [4.78, 5) is 15.6. The molecular weight excluding hydrogens is 244 g/mol. The van der Waals surface area contributed by atoms with Crippen LogP contribution < -0.4 is 5.32 Å². The van der Waals surface area contributed by atoms with E-state index in [1.165, 1.54) is 0 Å². The number of anilines is 1. The normalized spacial score (nSPS) is 10.3. The molecule has 1 heterocycles. The van der Waals surface area contributed by atoms with Gasteiger partial charge in [0.05, 0.1) is 6.61 Å². The first-order valence-corrected chi connectivity index (χ1v) is 6.08. The second kappa shape index (κ2) is 5.56. The van der Waals surface area contributed by atoms with Gasteiger partial charge in [-0.3, -0.25) is 5.32 Å². The van der Waals surface area contributed by atoms with Crippen LogP contribution in [0.1, 0.15) is 18.6 Å². The number of hydrogen-bond donors (Lipinski definition) is 1. The molecule has 2 rings (SSSR count). The summed E-state index contributed by atoms with van der Waals surface area (Å²) in [7, 11) is 0. The Bertz CT molecular complexity index is 573. The maximum absolute atomic E-state index is 11.3. The van der Waals surface area contributed by atoms with Gasteiger partial charge in [-0.05, 0) is 26.0 Å². The van der Waals surface area contributed by atoms with E-state index >= 15 is 0 Å². The topological polar surface area (TPSA) is 64.4 Å². The SMILES string of the molecule is CCOC(=O)Nc1ccc(-c2nc(C)oc2C)cc1. The lowest BCUT2D eigenvalue weighted by molar-refractivity contribution is 0.168. The summed E-state index contributed by atoms with van der Waals surface area (Å²) >= 11 is 0. The van der Waals surface area contributed by atoms with Gasteiger partial charge in [-0.25, -0.2) is 9.78 Å². The van der Waals surface area contributed by atoms with E-state index in [4.69, 9.17) is 9.15 Å². The first-order chi connectivity index (χ1) is 9.10. The molecule has 1 amide bonds. The van der Waals surface area contributed by atoms with Crippen LogP contribution >= 0.6 is 0 Å². The molecule has 100 valence electrons. The number of carbonyl (C=O) groups excluding carboxylic acids is 1. The summed E-state index contributed by atoms with van der Waals surface area (Å²) < 4.78 is 10.2. The molecule has 0 aliphatic heterocycles. The van der Waals surface area contributed by atoms with Crippen LogP contribution in [0.5, 0.6) is 0 Å². The molecule has 0 bridgehead atoms. The van der Waals surface area contributed by atoms with Crippen molar-refractivity contribution >= 4 is 11.8 Å². The van der Waals surface area contributed by atoms with Crippen LogP contribution in [0.25, 0.3) is 11.3 Å². The van der Waals surface area contributed by atoms with Crippen LogP contribution in [0.4, 0.5) is 10.5 Å². The Morgan fingerprint density at radius 2 is 2.00 bits per heavy atom. The number of oxazole rings is 1. The molecule has 0 spiro atoms. The molecule has 0 unspecified atom stereocenters. The van der Waals surface area contributed by atoms with Gasteiger partial charge in [-0.1, -0.05) is 12.1 Å². The highest BCUT2D eigenvalue weighted by atomic mass is 16.5. The molecule has 5 heteroatoms. The van der Waals surface area contributed by atoms with Crippen LogP contribution in [0, 0.1) is 13.8 Å². The highest BCUT2D eigenvalue weighted by Crippen LogP contribution is 2.24. The van der Waals surface area contributed by atoms with Crippen molar-refractivity contribution in [3.63, 3.8) is 0 Å². The predicted molar refractivity (Wildman–Crippen MR) is 72.1 cm³/mol. The van der Waals surface area contributed by atoms with Gasteiger partial charge < -0.3 is 9.15 Å². The Balaban J connectivity index is 2.14. The van der Waals surface area contributed by atoms with Crippen LogP contribution in [0.3, 0.4) is 0 Å². The molecule has 0 saturated heterocycles. The third kappa shape index (κ3) is 3.13. The number of ether oxygens (including phenoxy) is 1. The minimum absolute atomic E-state index is 0.349. The monoisotopic (exact) mass is 260 g/mol. The lowest BCUT2D eigenvalue weighted by atomic mass is 10.1. The quantitative estimate of drug-likeness (QED) is 0.916. The minimum Gasteiger partial charge on any atom is -0.450 e. The highest BCUT2D eigenvalue weighted by Gasteiger charge is 2.09. The summed E-state index contributed by atoms with van der Waals surface area (Å²) in [6.45, 7) is 5.80. The first kappa shape index (κ1) is 13.1. The average molecular weight is 260 g/mol. The Morgan fingerprint density at radius 3 is 2.53 bits per heavy atom. The molecule has 1 N–H and O–H groups in total. The zero-order valence-corrected chi connectivity index (χ0v) is 11.2. The van der Waals surface area contributed by atoms with Gasteiger partial charge in [0, 0.05) is 18.2 Å². The standard InChI is InChI=1S/C14H16N2O3/c1-4-18-14(17)16-12-7-5-11(6-8-12)13-9(2)19-10(3)15-13/h5-8H,4H2,1-3H3,(H,16,17). The largest absolute Gasteiger partial charge is 0.450 e. The number of nitrogens with one attached hydrogen (secondary N) is 1. The summed E-state index contributed by atoms with van der Waals surface area (Å²) in [5.41, 5.74) is 2.45. The zero-order valence-electron chi connectivity index (χ0n) is 11.2. The summed E-state index contributed by atoms with van der Waals surface area (Å²) in [5.74, 6) is 1.42. The first-order valence-electron chi connectivity index (χ1n) is 6.08. The minimum atomic E-state index is -0.455. The van der Waals surface area contributed by atoms with E-state index in [9.17, 15) is 4.79 Å². The van der Waals surface area contributed by atoms with Gasteiger partial charge in [0.15, 0.2) is 5.89 Å². The molecule has 19 heavy (non-hydrogen) atoms. The molecular formula is C14H16N2O3.